The van der Waals surface area contributed by atoms with Crippen LogP contribution < -0.4 is 21.1 Å². The molecule has 28 heavy (non-hydrogen) atoms. The summed E-state index contributed by atoms with van der Waals surface area (Å²) >= 11 is 0. The Morgan fingerprint density at radius 1 is 1.46 bits per heavy atom. The Morgan fingerprint density at radius 3 is 2.96 bits per heavy atom. The summed E-state index contributed by atoms with van der Waals surface area (Å²) < 4.78 is 0. The number of aliphatic hydroxyl groups is 1. The molecular weight excluding hydrogens is 356 g/mol. The maximum Gasteiger partial charge on any atom is 0.293 e. The Bertz CT molecular complexity index is 720. The quantitative estimate of drug-likeness (QED) is 0.263. The van der Waals surface area contributed by atoms with Crippen LogP contribution in [0.25, 0.3) is 0 Å². The van der Waals surface area contributed by atoms with Crippen LogP contribution in [0.15, 0.2) is 16.1 Å². The van der Waals surface area contributed by atoms with E-state index in [2.05, 4.69) is 17.2 Å². The summed E-state index contributed by atoms with van der Waals surface area (Å²) in [6.07, 6.45) is 4.82. The van der Waals surface area contributed by atoms with Crippen molar-refractivity contribution in [3.05, 3.63) is 11.1 Å². The largest absolute Gasteiger partial charge is 0.545 e. The van der Waals surface area contributed by atoms with Crippen LogP contribution in [0.2, 0.25) is 0 Å². The highest BCUT2D eigenvalue weighted by molar-refractivity contribution is 5.88. The summed E-state index contributed by atoms with van der Waals surface area (Å²) in [4.78, 5) is 17.7. The predicted molar refractivity (Wildman–Crippen MR) is 104 cm³/mol. The van der Waals surface area contributed by atoms with E-state index in [1.807, 2.05) is 7.05 Å². The van der Waals surface area contributed by atoms with Gasteiger partial charge in [0, 0.05) is 22.9 Å². The molecule has 1 heterocycles. The number of piperidine rings is 1. The molecule has 1 aliphatic heterocycles. The predicted octanol–water partition coefficient (Wildman–Crippen LogP) is -1.57. The molecule has 1 unspecified atom stereocenters. The number of nitrogens with zero attached hydrogens (tertiary/aromatic N) is 1. The van der Waals surface area contributed by atoms with Gasteiger partial charge >= 0.3 is 0 Å². The molecule has 2 bridgehead atoms. The molecule has 7 heteroatoms. The van der Waals surface area contributed by atoms with E-state index in [0.29, 0.717) is 30.8 Å². The van der Waals surface area contributed by atoms with Crippen molar-refractivity contribution in [3.8, 4) is 0 Å². The van der Waals surface area contributed by atoms with Crippen LogP contribution in [0.3, 0.4) is 0 Å². The third-order valence-electron chi connectivity index (χ3n) is 8.48. The van der Waals surface area contributed by atoms with Gasteiger partial charge in [0.25, 0.3) is 5.96 Å². The van der Waals surface area contributed by atoms with Crippen LogP contribution in [0.4, 0.5) is 0 Å². The Morgan fingerprint density at radius 2 is 2.25 bits per heavy atom. The minimum absolute atomic E-state index is 0.00884. The van der Waals surface area contributed by atoms with Crippen molar-refractivity contribution in [3.63, 3.8) is 0 Å². The Kier molecular flexibility index (Phi) is 5.04. The van der Waals surface area contributed by atoms with Gasteiger partial charge in [-0.2, -0.15) is 0 Å². The monoisotopic (exact) mass is 390 g/mol. The van der Waals surface area contributed by atoms with Crippen LogP contribution >= 0.6 is 0 Å². The molecule has 0 aromatic carbocycles. The molecule has 7 nitrogen and oxygen atoms in total. The number of carboxylic acid groups (broad SMARTS) is 1. The van der Waals surface area contributed by atoms with Crippen LogP contribution in [0.1, 0.15) is 45.4 Å². The van der Waals surface area contributed by atoms with Gasteiger partial charge in [0.1, 0.15) is 0 Å². The zero-order valence-corrected chi connectivity index (χ0v) is 17.1. The van der Waals surface area contributed by atoms with Crippen molar-refractivity contribution < 1.29 is 19.9 Å². The Labute approximate surface area is 167 Å². The fourth-order valence-corrected chi connectivity index (χ4v) is 7.42. The normalized spacial score (nSPS) is 42.9. The lowest BCUT2D eigenvalue weighted by atomic mass is 9.49. The highest BCUT2D eigenvalue weighted by Crippen LogP contribution is 2.74. The Hall–Kier alpha value is -1.44. The number of aliphatic imine (C=N–C) groups is 1. The van der Waals surface area contributed by atoms with Crippen molar-refractivity contribution >= 4 is 11.9 Å². The number of hydrogen-bond donors (Lipinski definition) is 4. The summed E-state index contributed by atoms with van der Waals surface area (Å²) in [5.41, 5.74) is 7.37. The fourth-order valence-electron chi connectivity index (χ4n) is 7.42. The van der Waals surface area contributed by atoms with E-state index in [-0.39, 0.29) is 16.4 Å². The molecule has 6 atom stereocenters. The minimum Gasteiger partial charge on any atom is -0.545 e. The van der Waals surface area contributed by atoms with Crippen LogP contribution in [0.5, 0.6) is 0 Å². The molecule has 5 N–H and O–H groups in total. The van der Waals surface area contributed by atoms with Crippen molar-refractivity contribution in [1.29, 1.82) is 0 Å². The topological polar surface area (TPSA) is 115 Å². The first kappa shape index (κ1) is 19.9. The second-order valence-corrected chi connectivity index (χ2v) is 9.41. The molecule has 2 spiro atoms. The highest BCUT2D eigenvalue weighted by Gasteiger charge is 2.71. The van der Waals surface area contributed by atoms with Crippen molar-refractivity contribution in [2.45, 2.75) is 51.6 Å². The first-order valence-electron chi connectivity index (χ1n) is 10.8. The van der Waals surface area contributed by atoms with E-state index in [1.54, 1.807) is 0 Å². The molecule has 1 saturated heterocycles. The van der Waals surface area contributed by atoms with Crippen LogP contribution in [-0.4, -0.2) is 56.4 Å². The summed E-state index contributed by atoms with van der Waals surface area (Å²) in [5.74, 6) is 0.338. The maximum absolute atomic E-state index is 11.9. The molecule has 2 saturated carbocycles. The number of allylic oxidation sites excluding steroid dienone is 1. The number of nitrogens with two attached hydrogens (primary N) is 1. The summed E-state index contributed by atoms with van der Waals surface area (Å²) in [7, 11) is 1.91. The number of rotatable bonds is 4. The van der Waals surface area contributed by atoms with E-state index >= 15 is 0 Å². The third-order valence-corrected chi connectivity index (χ3v) is 8.48. The number of likely N-dealkylation sites (tertiary alicyclic amines) is 1. The van der Waals surface area contributed by atoms with Gasteiger partial charge in [0.05, 0.1) is 31.7 Å². The first-order chi connectivity index (χ1) is 13.4. The van der Waals surface area contributed by atoms with E-state index in [9.17, 15) is 15.0 Å². The highest BCUT2D eigenvalue weighted by atomic mass is 16.4. The van der Waals surface area contributed by atoms with Gasteiger partial charge in [-0.15, -0.1) is 0 Å². The second-order valence-electron chi connectivity index (χ2n) is 9.41. The van der Waals surface area contributed by atoms with Crippen molar-refractivity contribution in [1.82, 2.24) is 5.32 Å². The van der Waals surface area contributed by atoms with Gasteiger partial charge in [-0.05, 0) is 57.4 Å². The number of nitrogens with one attached hydrogen (secondary N) is 2. The molecule has 3 aliphatic carbocycles. The lowest BCUT2D eigenvalue weighted by molar-refractivity contribution is -0.826. The molecule has 0 aromatic rings. The van der Waals surface area contributed by atoms with Gasteiger partial charge in [0.2, 0.25) is 0 Å². The third kappa shape index (κ3) is 2.59. The number of aliphatic hydroxyl groups excluding tert-OH is 1. The van der Waals surface area contributed by atoms with Gasteiger partial charge < -0.3 is 26.1 Å². The Balaban J connectivity index is 1.73. The van der Waals surface area contributed by atoms with Crippen LogP contribution in [0, 0.1) is 22.7 Å². The standard InChI is InChI=1S/C21H34N4O3/c1-13-4-5-14-10-15-17(18(27)28)16(26)11-21(13,15)20(14)6-3-9-25(12-20)19(22)24-8-7-23-2/h13-14,16,23,26H,3-12H2,1-2H3,(H2,22,24)(H,27,28)/t13-,14-,16+,20-,21+/m1/s1. The van der Waals surface area contributed by atoms with Crippen molar-refractivity contribution in [2.24, 2.45) is 33.4 Å². The average Bonchev–Trinajstić information content (AvgIpc) is 3.02. The molecule has 4 aliphatic rings. The number of hydrogen-bond acceptors (Lipinski definition) is 5. The average molecular weight is 391 g/mol. The maximum atomic E-state index is 11.9. The van der Waals surface area contributed by atoms with E-state index < -0.39 is 12.1 Å². The zero-order valence-electron chi connectivity index (χ0n) is 17.1. The van der Waals surface area contributed by atoms with Gasteiger partial charge in [0.15, 0.2) is 0 Å². The first-order valence-corrected chi connectivity index (χ1v) is 10.8. The lowest BCUT2D eigenvalue weighted by Crippen LogP contribution is -3.18. The number of carboxylic acids is 1. The lowest BCUT2D eigenvalue weighted by Gasteiger charge is -2.56. The summed E-state index contributed by atoms with van der Waals surface area (Å²) in [6, 6.07) is 0. The van der Waals surface area contributed by atoms with E-state index in [1.165, 1.54) is 4.90 Å². The molecular formula is C21H34N4O3. The molecule has 0 radical (unpaired) electrons. The second kappa shape index (κ2) is 7.11. The molecule has 4 rings (SSSR count). The van der Waals surface area contributed by atoms with Crippen LogP contribution in [-0.2, 0) is 4.79 Å². The molecule has 0 aromatic heterocycles. The fraction of sp³-hybridized carbons (Fsp3) is 0.810. The summed E-state index contributed by atoms with van der Waals surface area (Å²) in [6.45, 7) is 5.60. The number of likely N-dealkylation sites (N-methyl/N-ethyl adjacent to an activating group) is 1. The number of quaternary nitrogens is 1. The van der Waals surface area contributed by atoms with E-state index in [0.717, 1.165) is 57.3 Å². The minimum atomic E-state index is -1.18. The van der Waals surface area contributed by atoms with Gasteiger partial charge in [-0.3, -0.25) is 4.90 Å². The smallest absolute Gasteiger partial charge is 0.293 e. The molecule has 0 amide bonds. The molecule has 3 fully saturated rings. The van der Waals surface area contributed by atoms with Gasteiger partial charge in [-0.1, -0.05) is 12.5 Å². The van der Waals surface area contributed by atoms with E-state index in [4.69, 9.17) is 5.73 Å². The molecule has 156 valence electrons. The van der Waals surface area contributed by atoms with Crippen molar-refractivity contribution in [2.75, 3.05) is 33.2 Å². The van der Waals surface area contributed by atoms with Gasteiger partial charge in [-0.25, -0.2) is 4.99 Å². The number of guanidine groups is 1. The summed E-state index contributed by atoms with van der Waals surface area (Å²) in [5, 5.41) is 25.6. The number of carbonyl (C=O) groups excluding carboxylic acids is 1. The zero-order chi connectivity index (χ0) is 20.1. The number of aliphatic carboxylic acids is 1. The SMILES string of the molecule is CNCCN=C(N)[NH+]1CCC[C@@]2(C1)[C@@H]1CC[C@@H](C)[C@]23C[C@H](O)C(C(=O)[O-])=C3C1. The number of carbonyl (C=O) groups is 1.